The highest BCUT2D eigenvalue weighted by Crippen LogP contribution is 2.36. The maximum atomic E-state index is 14.3. The molecule has 2 aromatic carbocycles. The molecule has 6 aromatic rings. The summed E-state index contributed by atoms with van der Waals surface area (Å²) in [5.41, 5.74) is 10.9. The van der Waals surface area contributed by atoms with E-state index in [9.17, 15) is 30.4 Å². The van der Waals surface area contributed by atoms with E-state index in [-0.39, 0.29) is 27.7 Å². The van der Waals surface area contributed by atoms with Crippen LogP contribution in [0.5, 0.6) is 0 Å². The number of carbonyl (C=O) groups excluding carboxylic acids is 1. The number of hydrogen-bond donors (Lipinski definition) is 4. The number of urea groups is 1. The number of rotatable bonds is 14. The minimum Gasteiger partial charge on any atom is -0.398 e. The molecule has 0 bridgehead atoms. The van der Waals surface area contributed by atoms with Gasteiger partial charge in [0.15, 0.2) is 10.1 Å². The number of amides is 2. The lowest BCUT2D eigenvalue weighted by molar-refractivity contribution is 0.256. The van der Waals surface area contributed by atoms with Crippen molar-refractivity contribution in [2.24, 2.45) is 5.14 Å². The number of nitrogen functional groups attached to an aromatic ring is 1. The molecule has 2 amide bonds. The second kappa shape index (κ2) is 22.5. The van der Waals surface area contributed by atoms with E-state index in [1.165, 1.54) is 47.3 Å². The Kier molecular flexibility index (Phi) is 17.7. The molecule has 64 heavy (non-hydrogen) atoms. The van der Waals surface area contributed by atoms with Crippen molar-refractivity contribution in [3.05, 3.63) is 121 Å². The van der Waals surface area contributed by atoms with E-state index in [2.05, 4.69) is 25.5 Å². The zero-order valence-electron chi connectivity index (χ0n) is 37.1. The number of primary sulfonamides is 1. The first-order valence-electron chi connectivity index (χ1n) is 20.0. The minimum absolute atomic E-state index is 0.0868. The van der Waals surface area contributed by atoms with Gasteiger partial charge >= 0.3 is 6.03 Å². The number of pyridine rings is 2. The highest BCUT2D eigenvalue weighted by molar-refractivity contribution is 7.90. The number of carbonyl (C=O) groups is 1. The summed E-state index contributed by atoms with van der Waals surface area (Å²) in [7, 11) is -0.214. The van der Waals surface area contributed by atoms with Crippen molar-refractivity contribution in [2.75, 3.05) is 52.3 Å². The predicted molar refractivity (Wildman–Crippen MR) is 244 cm³/mol. The molecule has 17 nitrogen and oxygen atoms in total. The molecule has 6 N–H and O–H groups in total. The molecular weight excluding hydrogens is 867 g/mol. The fourth-order valence-electron chi connectivity index (χ4n) is 6.00. The van der Waals surface area contributed by atoms with Gasteiger partial charge in [0.25, 0.3) is 20.0 Å². The first kappa shape index (κ1) is 50.5. The van der Waals surface area contributed by atoms with Crippen LogP contribution in [0.3, 0.4) is 0 Å². The number of likely N-dealkylation sites (N-methyl/N-ethyl adjacent to an activating group) is 2. The first-order chi connectivity index (χ1) is 30.0. The summed E-state index contributed by atoms with van der Waals surface area (Å²) in [6.45, 7) is 10.3. The third kappa shape index (κ3) is 14.7. The van der Waals surface area contributed by atoms with Gasteiger partial charge in [0.05, 0.1) is 18.8 Å². The fraction of sp³-hybridized carbons (Fsp3) is 0.326. The Labute approximate surface area is 373 Å². The molecule has 0 atom stereocenters. The molecular formula is C43H56F2N12O5S2. The Morgan fingerprint density at radius 1 is 0.719 bits per heavy atom. The standard InChI is InChI=1S/C22H27FN6O3S.C14H15FN2.C7H14N4O2S/c1-15(2)18-12-17(23)13-19(16-6-5-8-24-14-16)21(18)25-22(30)27-33(31,32)20-7-9-29(26-20)11-10-28(3)4;1-9(2)12-6-11(15)7-13(14(12)16)10-4-3-5-17-8-10;1-10(2)5-6-11-4-3-7(9-11)14(8,12)13/h5-9,12-15H,10-11H2,1-4H3,(H2,25,27,30);3-9H,16H2,1-2H3;3-4H,5-6H2,1-2H3,(H2,8,12,13). The van der Waals surface area contributed by atoms with E-state index in [1.807, 2.05) is 82.5 Å². The van der Waals surface area contributed by atoms with Crippen LogP contribution in [0.25, 0.3) is 22.3 Å². The van der Waals surface area contributed by atoms with Gasteiger partial charge in [-0.25, -0.2) is 31.9 Å². The number of aromatic nitrogens is 6. The van der Waals surface area contributed by atoms with E-state index in [1.54, 1.807) is 47.8 Å². The largest absolute Gasteiger partial charge is 0.398 e. The van der Waals surface area contributed by atoms with E-state index in [4.69, 9.17) is 10.9 Å². The second-order valence-corrected chi connectivity index (χ2v) is 18.8. The third-order valence-electron chi connectivity index (χ3n) is 9.32. The zero-order valence-corrected chi connectivity index (χ0v) is 38.7. The zero-order chi connectivity index (χ0) is 47.4. The van der Waals surface area contributed by atoms with Crippen LogP contribution in [0.4, 0.5) is 25.0 Å². The summed E-state index contributed by atoms with van der Waals surface area (Å²) >= 11 is 0. The molecule has 4 heterocycles. The lowest BCUT2D eigenvalue weighted by atomic mass is 9.94. The second-order valence-electron chi connectivity index (χ2n) is 15.7. The van der Waals surface area contributed by atoms with E-state index in [0.717, 1.165) is 17.7 Å². The Morgan fingerprint density at radius 2 is 1.19 bits per heavy atom. The maximum Gasteiger partial charge on any atom is 0.333 e. The van der Waals surface area contributed by atoms with Gasteiger partial charge in [-0.3, -0.25) is 19.3 Å². The number of halogens is 2. The molecule has 344 valence electrons. The lowest BCUT2D eigenvalue weighted by Crippen LogP contribution is -2.35. The molecule has 6 rings (SSSR count). The quantitative estimate of drug-likeness (QED) is 0.0928. The van der Waals surface area contributed by atoms with Gasteiger partial charge in [0.2, 0.25) is 0 Å². The van der Waals surface area contributed by atoms with Crippen LogP contribution >= 0.6 is 0 Å². The Balaban J connectivity index is 0.000000240. The van der Waals surface area contributed by atoms with Crippen molar-refractivity contribution < 1.29 is 30.4 Å². The molecule has 21 heteroatoms. The number of nitrogens with zero attached hydrogens (tertiary/aromatic N) is 8. The molecule has 0 aliphatic heterocycles. The summed E-state index contributed by atoms with van der Waals surface area (Å²) in [6.07, 6.45) is 9.63. The molecule has 0 aliphatic rings. The lowest BCUT2D eigenvalue weighted by Gasteiger charge is -2.19. The molecule has 4 aromatic heterocycles. The average Bonchev–Trinajstić information content (AvgIpc) is 3.93. The first-order valence-corrected chi connectivity index (χ1v) is 23.0. The molecule has 0 saturated carbocycles. The maximum absolute atomic E-state index is 14.3. The number of nitrogens with one attached hydrogen (secondary N) is 2. The monoisotopic (exact) mass is 922 g/mol. The fourth-order valence-corrected chi connectivity index (χ4v) is 7.32. The van der Waals surface area contributed by atoms with Crippen molar-refractivity contribution in [3.8, 4) is 22.3 Å². The topological polar surface area (TPSA) is 229 Å². The minimum atomic E-state index is -4.21. The van der Waals surface area contributed by atoms with Crippen LogP contribution in [0.15, 0.2) is 108 Å². The van der Waals surface area contributed by atoms with Crippen LogP contribution in [0.2, 0.25) is 0 Å². The average molecular weight is 923 g/mol. The van der Waals surface area contributed by atoms with Crippen molar-refractivity contribution >= 4 is 37.5 Å². The van der Waals surface area contributed by atoms with E-state index >= 15 is 0 Å². The van der Waals surface area contributed by atoms with E-state index < -0.39 is 31.9 Å². The number of sulfonamides is 2. The highest BCUT2D eigenvalue weighted by Gasteiger charge is 2.24. The number of hydrogen-bond acceptors (Lipinski definition) is 12. The van der Waals surface area contributed by atoms with Gasteiger partial charge in [-0.05, 0) is 99.7 Å². The van der Waals surface area contributed by atoms with Crippen molar-refractivity contribution in [3.63, 3.8) is 0 Å². The van der Waals surface area contributed by atoms with Gasteiger partial charge in [-0.1, -0.05) is 39.8 Å². The molecule has 0 saturated heterocycles. The van der Waals surface area contributed by atoms with Gasteiger partial charge < -0.3 is 20.9 Å². The van der Waals surface area contributed by atoms with Gasteiger partial charge in [-0.15, -0.1) is 0 Å². The Bertz CT molecular complexity index is 2690. The number of nitrogens with two attached hydrogens (primary N) is 2. The number of anilines is 2. The highest BCUT2D eigenvalue weighted by atomic mass is 32.2. The smallest absolute Gasteiger partial charge is 0.333 e. The summed E-state index contributed by atoms with van der Waals surface area (Å²) in [6, 6.07) is 14.4. The van der Waals surface area contributed by atoms with Crippen LogP contribution in [0.1, 0.15) is 50.7 Å². The molecule has 0 unspecified atom stereocenters. The number of benzene rings is 2. The molecule has 0 spiro atoms. The van der Waals surface area contributed by atoms with Gasteiger partial charge in [-0.2, -0.15) is 18.6 Å². The summed E-state index contributed by atoms with van der Waals surface area (Å²) < 4.78 is 80.1. The normalized spacial score (nSPS) is 11.6. The van der Waals surface area contributed by atoms with Crippen LogP contribution in [-0.4, -0.2) is 103 Å². The Hall–Kier alpha value is -6.13. The van der Waals surface area contributed by atoms with Crippen LogP contribution < -0.4 is 20.9 Å². The summed E-state index contributed by atoms with van der Waals surface area (Å²) in [5, 5.41) is 15.0. The molecule has 0 aliphatic carbocycles. The van der Waals surface area contributed by atoms with Crippen LogP contribution in [0, 0.1) is 11.6 Å². The molecule has 0 fully saturated rings. The molecule has 0 radical (unpaired) electrons. The summed E-state index contributed by atoms with van der Waals surface area (Å²) in [5.74, 6) is -0.683. The van der Waals surface area contributed by atoms with Crippen LogP contribution in [-0.2, 0) is 33.1 Å². The third-order valence-corrected chi connectivity index (χ3v) is 11.3. The van der Waals surface area contributed by atoms with Gasteiger partial charge in [0, 0.05) is 78.2 Å². The van der Waals surface area contributed by atoms with Crippen molar-refractivity contribution in [2.45, 2.75) is 62.7 Å². The SMILES string of the molecule is CC(C)c1cc(F)cc(-c2cccnc2)c1N.CC(C)c1cc(F)cc(-c2cccnc2)c1NC(=O)NS(=O)(=O)c1ccn(CCN(C)C)n1.CN(C)CCn1ccc(S(N)(=O)=O)n1. The summed E-state index contributed by atoms with van der Waals surface area (Å²) in [4.78, 5) is 24.7. The Morgan fingerprint density at radius 3 is 1.64 bits per heavy atom. The predicted octanol–water partition coefficient (Wildman–Crippen LogP) is 5.97. The van der Waals surface area contributed by atoms with Gasteiger partial charge in [0.1, 0.15) is 11.6 Å². The van der Waals surface area contributed by atoms with Crippen molar-refractivity contribution in [1.29, 1.82) is 0 Å². The van der Waals surface area contributed by atoms with E-state index in [0.29, 0.717) is 53.3 Å². The van der Waals surface area contributed by atoms with Crippen molar-refractivity contribution in [1.82, 2.24) is 44.1 Å².